The number of hydrogen-bond donors (Lipinski definition) is 3. The smallest absolute Gasteiger partial charge is 0.323 e. The largest absolute Gasteiger partial charge is 0.744 e. The van der Waals surface area contributed by atoms with E-state index < -0.39 is 10.1 Å². The summed E-state index contributed by atoms with van der Waals surface area (Å²) in [6.07, 6.45) is 0. The molecule has 0 saturated carbocycles. The van der Waals surface area contributed by atoms with E-state index in [1.54, 1.807) is 19.1 Å². The van der Waals surface area contributed by atoms with E-state index in [0.717, 1.165) is 31.9 Å². The van der Waals surface area contributed by atoms with Gasteiger partial charge in [-0.1, -0.05) is 23.8 Å². The lowest BCUT2D eigenvalue weighted by Crippen LogP contribution is -2.19. The van der Waals surface area contributed by atoms with Crippen LogP contribution in [0.1, 0.15) is 11.1 Å². The number of aryl methyl sites for hydroxylation is 2. The first-order valence-electron chi connectivity index (χ1n) is 12.2. The monoisotopic (exact) mass is 603 g/mol. The SMILES string of the molecule is Cc1ccc(NC(=O)Nc2ccc(-c3nc4ccc(-c5nc6ccc(C)c(S(=O)(=O)[O-])c6s5)cc4s3)cc2)cc1.[NH4+]. The summed E-state index contributed by atoms with van der Waals surface area (Å²) in [4.78, 5) is 21.5. The van der Waals surface area contributed by atoms with Crippen molar-refractivity contribution in [2.24, 2.45) is 0 Å². The van der Waals surface area contributed by atoms with Crippen molar-refractivity contribution in [2.45, 2.75) is 18.7 Å². The summed E-state index contributed by atoms with van der Waals surface area (Å²) in [6, 6.07) is 23.8. The topological polar surface area (TPSA) is 161 Å². The zero-order valence-electron chi connectivity index (χ0n) is 22.3. The molecule has 2 amide bonds. The number of urea groups is 1. The number of nitrogens with one attached hydrogen (secondary N) is 2. The second kappa shape index (κ2) is 11.0. The molecule has 6 rings (SSSR count). The molecule has 0 atom stereocenters. The average molecular weight is 604 g/mol. The lowest BCUT2D eigenvalue weighted by atomic mass is 10.2. The molecule has 0 spiro atoms. The zero-order valence-corrected chi connectivity index (χ0v) is 24.7. The normalized spacial score (nSPS) is 11.4. The number of amides is 2. The Labute approximate surface area is 244 Å². The van der Waals surface area contributed by atoms with Crippen molar-refractivity contribution in [1.82, 2.24) is 16.1 Å². The highest BCUT2D eigenvalue weighted by Gasteiger charge is 2.17. The van der Waals surface area contributed by atoms with Crippen molar-refractivity contribution < 1.29 is 17.8 Å². The van der Waals surface area contributed by atoms with Crippen molar-refractivity contribution in [3.05, 3.63) is 90.0 Å². The third-order valence-corrected chi connectivity index (χ3v) is 9.65. The van der Waals surface area contributed by atoms with Crippen molar-refractivity contribution in [3.63, 3.8) is 0 Å². The van der Waals surface area contributed by atoms with Gasteiger partial charge in [-0.15, -0.1) is 22.7 Å². The number of anilines is 2. The third-order valence-electron chi connectivity index (χ3n) is 6.29. The average Bonchev–Trinajstić information content (AvgIpc) is 3.53. The molecule has 208 valence electrons. The van der Waals surface area contributed by atoms with Gasteiger partial charge in [-0.2, -0.15) is 0 Å². The fourth-order valence-electron chi connectivity index (χ4n) is 4.31. The maximum atomic E-state index is 12.3. The van der Waals surface area contributed by atoms with Crippen LogP contribution in [0.4, 0.5) is 16.2 Å². The van der Waals surface area contributed by atoms with Crippen molar-refractivity contribution >= 4 is 70.6 Å². The first-order valence-corrected chi connectivity index (χ1v) is 15.2. The van der Waals surface area contributed by atoms with Crippen LogP contribution < -0.4 is 16.8 Å². The highest BCUT2D eigenvalue weighted by molar-refractivity contribution is 7.86. The van der Waals surface area contributed by atoms with E-state index in [2.05, 4.69) is 15.6 Å². The van der Waals surface area contributed by atoms with E-state index in [0.29, 0.717) is 32.2 Å². The van der Waals surface area contributed by atoms with Gasteiger partial charge in [0.05, 0.1) is 25.3 Å². The number of nitrogens with zero attached hydrogens (tertiary/aromatic N) is 2. The Morgan fingerprint density at radius 2 is 1.32 bits per heavy atom. The minimum Gasteiger partial charge on any atom is -0.744 e. The number of rotatable bonds is 5. The summed E-state index contributed by atoms with van der Waals surface area (Å²) in [7, 11) is -4.63. The highest BCUT2D eigenvalue weighted by atomic mass is 32.2. The molecule has 0 bridgehead atoms. The van der Waals surface area contributed by atoms with Crippen molar-refractivity contribution in [1.29, 1.82) is 0 Å². The molecule has 41 heavy (non-hydrogen) atoms. The number of quaternary nitrogens is 1. The molecule has 0 radical (unpaired) electrons. The van der Waals surface area contributed by atoms with Crippen molar-refractivity contribution in [3.8, 4) is 21.1 Å². The Bertz CT molecular complexity index is 2020. The van der Waals surface area contributed by atoms with Crippen LogP contribution in [0.25, 0.3) is 41.6 Å². The number of carbonyl (C=O) groups excluding carboxylic acids is 1. The lowest BCUT2D eigenvalue weighted by molar-refractivity contribution is 0.262. The number of hydrogen-bond acceptors (Lipinski definition) is 8. The van der Waals surface area contributed by atoms with Gasteiger partial charge in [0.15, 0.2) is 0 Å². The molecule has 0 saturated heterocycles. The first kappa shape index (κ1) is 28.3. The summed E-state index contributed by atoms with van der Waals surface area (Å²) in [5.74, 6) is 0. The van der Waals surface area contributed by atoms with Gasteiger partial charge in [0.2, 0.25) is 0 Å². The van der Waals surface area contributed by atoms with Crippen molar-refractivity contribution in [2.75, 3.05) is 10.6 Å². The van der Waals surface area contributed by atoms with Crippen LogP contribution in [-0.4, -0.2) is 29.0 Å². The minimum atomic E-state index is -4.63. The Morgan fingerprint density at radius 1 is 0.756 bits per heavy atom. The van der Waals surface area contributed by atoms with E-state index in [1.165, 1.54) is 22.7 Å². The van der Waals surface area contributed by atoms with Gasteiger partial charge in [0, 0.05) is 22.5 Å². The Balaban J connectivity index is 0.00000337. The molecule has 9 nitrogen and oxygen atoms in total. The summed E-state index contributed by atoms with van der Waals surface area (Å²) < 4.78 is 36.9. The van der Waals surface area contributed by atoms with E-state index in [-0.39, 0.29) is 17.1 Å². The molecular weight excluding hydrogens is 579 g/mol. The predicted octanol–water partition coefficient (Wildman–Crippen LogP) is 7.78. The van der Waals surface area contributed by atoms with Gasteiger partial charge in [-0.05, 0) is 80.1 Å². The summed E-state index contributed by atoms with van der Waals surface area (Å²) >= 11 is 2.71. The molecule has 0 fully saturated rings. The summed E-state index contributed by atoms with van der Waals surface area (Å²) in [5.41, 5.74) is 5.92. The second-order valence-corrected chi connectivity index (χ2v) is 12.6. The Kier molecular flexibility index (Phi) is 7.60. The van der Waals surface area contributed by atoms with Crippen LogP contribution in [0.2, 0.25) is 0 Å². The van der Waals surface area contributed by atoms with E-state index in [4.69, 9.17) is 4.98 Å². The summed E-state index contributed by atoms with van der Waals surface area (Å²) in [5, 5.41) is 7.09. The van der Waals surface area contributed by atoms with E-state index in [9.17, 15) is 17.8 Å². The van der Waals surface area contributed by atoms with E-state index >= 15 is 0 Å². The van der Waals surface area contributed by atoms with Gasteiger partial charge in [-0.3, -0.25) is 0 Å². The lowest BCUT2D eigenvalue weighted by Gasteiger charge is -2.10. The van der Waals surface area contributed by atoms with E-state index in [1.807, 2.05) is 73.7 Å². The molecule has 0 aliphatic rings. The van der Waals surface area contributed by atoms with Crippen LogP contribution in [-0.2, 0) is 10.1 Å². The van der Waals surface area contributed by atoms with Gasteiger partial charge in [0.1, 0.15) is 20.1 Å². The molecule has 2 heterocycles. The fraction of sp³-hybridized carbons (Fsp3) is 0.0690. The number of fused-ring (bicyclic) bond motifs is 2. The molecule has 0 aliphatic carbocycles. The second-order valence-electron chi connectivity index (χ2n) is 9.26. The number of benzene rings is 4. The summed E-state index contributed by atoms with van der Waals surface area (Å²) in [6.45, 7) is 3.60. The van der Waals surface area contributed by atoms with Gasteiger partial charge >= 0.3 is 6.03 Å². The van der Waals surface area contributed by atoms with Gasteiger partial charge in [-0.25, -0.2) is 23.2 Å². The molecule has 2 aromatic heterocycles. The third kappa shape index (κ3) is 5.82. The van der Waals surface area contributed by atoms with Gasteiger partial charge < -0.3 is 21.3 Å². The quantitative estimate of drug-likeness (QED) is 0.170. The maximum Gasteiger partial charge on any atom is 0.323 e. The minimum absolute atomic E-state index is 0. The van der Waals surface area contributed by atoms with Crippen LogP contribution in [0.15, 0.2) is 83.8 Å². The zero-order chi connectivity index (χ0) is 28.0. The standard InChI is InChI=1S/C29H22N4O4S3.H3N/c1-16-3-9-20(10-4-16)30-29(34)31-21-11-6-18(7-12-21)27-32-22-14-8-19(15-24(22)38-27)28-33-23-13-5-17(2)26(25(23)39-28)40(35,36)37;/h3-15H,1-2H3,(H2,30,31,34)(H,35,36,37);1H3. The predicted molar refractivity (Wildman–Crippen MR) is 166 cm³/mol. The molecule has 6 N–H and O–H groups in total. The molecular formula is C29H25N5O4S3. The number of aromatic nitrogens is 2. The maximum absolute atomic E-state index is 12.3. The molecule has 4 aromatic carbocycles. The van der Waals surface area contributed by atoms with Gasteiger partial charge in [0.25, 0.3) is 0 Å². The number of thiazole rings is 2. The van der Waals surface area contributed by atoms with Crippen LogP contribution in [0, 0.1) is 13.8 Å². The molecule has 0 unspecified atom stereocenters. The Morgan fingerprint density at radius 3 is 1.98 bits per heavy atom. The fourth-order valence-corrected chi connectivity index (χ4v) is 7.60. The van der Waals surface area contributed by atoms with Crippen LogP contribution in [0.5, 0.6) is 0 Å². The Hall–Kier alpha value is -4.20. The highest BCUT2D eigenvalue weighted by Crippen LogP contribution is 2.38. The van der Waals surface area contributed by atoms with Crippen LogP contribution in [0.3, 0.4) is 0 Å². The first-order chi connectivity index (χ1) is 19.1. The molecule has 0 aliphatic heterocycles. The number of carbonyl (C=O) groups is 1. The molecule has 12 heteroatoms. The van der Waals surface area contributed by atoms with Crippen LogP contribution >= 0.6 is 22.7 Å². The molecule has 6 aromatic rings.